The van der Waals surface area contributed by atoms with Crippen LogP contribution in [0.5, 0.6) is 0 Å². The first-order valence-corrected chi connectivity index (χ1v) is 9.28. The number of aromatic nitrogens is 1. The quantitative estimate of drug-likeness (QED) is 0.467. The number of hydrogen-bond donors (Lipinski definition) is 1. The van der Waals surface area contributed by atoms with Crippen LogP contribution in [0.2, 0.25) is 0 Å². The summed E-state index contributed by atoms with van der Waals surface area (Å²) >= 11 is 0. The number of hydrogen-bond acceptors (Lipinski definition) is 6. The average molecular weight is 412 g/mol. The van der Waals surface area contributed by atoms with E-state index in [0.717, 1.165) is 25.4 Å². The van der Waals surface area contributed by atoms with E-state index in [0.29, 0.717) is 24.5 Å². The number of carboxylic acids is 1. The van der Waals surface area contributed by atoms with Crippen molar-refractivity contribution in [3.05, 3.63) is 74.3 Å². The molecule has 4 rings (SSSR count). The summed E-state index contributed by atoms with van der Waals surface area (Å²) in [7, 11) is 0. The Hall–Kier alpha value is -3.79. The van der Waals surface area contributed by atoms with Gasteiger partial charge in [-0.05, 0) is 30.3 Å². The highest BCUT2D eigenvalue weighted by molar-refractivity contribution is 5.95. The molecule has 3 aromatic rings. The first-order valence-electron chi connectivity index (χ1n) is 9.28. The molecule has 1 fully saturated rings. The van der Waals surface area contributed by atoms with Crippen LogP contribution in [0, 0.1) is 15.9 Å². The molecule has 0 bridgehead atoms. The first kappa shape index (κ1) is 19.5. The summed E-state index contributed by atoms with van der Waals surface area (Å²) in [6, 6.07) is 7.88. The maximum Gasteiger partial charge on any atom is 0.293 e. The van der Waals surface area contributed by atoms with Crippen molar-refractivity contribution in [3.8, 4) is 5.69 Å². The molecule has 9 nitrogen and oxygen atoms in total. The number of quaternary nitrogens is 1. The van der Waals surface area contributed by atoms with Crippen LogP contribution in [0.4, 0.5) is 15.8 Å². The van der Waals surface area contributed by atoms with E-state index in [1.165, 1.54) is 34.9 Å². The Morgan fingerprint density at radius 2 is 1.80 bits per heavy atom. The number of aromatic carboxylic acids is 1. The SMILES string of the molecule is O=C([O-])c1cn(-c2ccc(F)cc2)c2cc(N3CC[NH2+]CC3)c([N+](=O)[O-])cc2c1=O. The molecule has 1 saturated heterocycles. The van der Waals surface area contributed by atoms with Crippen LogP contribution < -0.4 is 20.8 Å². The molecule has 1 aliphatic heterocycles. The predicted octanol–water partition coefficient (Wildman–Crippen LogP) is -0.215. The fourth-order valence-corrected chi connectivity index (χ4v) is 3.70. The van der Waals surface area contributed by atoms with Gasteiger partial charge in [0.15, 0.2) is 5.43 Å². The highest BCUT2D eigenvalue weighted by Crippen LogP contribution is 2.33. The number of carboxylic acid groups (broad SMARTS) is 1. The monoisotopic (exact) mass is 412 g/mol. The van der Waals surface area contributed by atoms with Crippen molar-refractivity contribution in [1.82, 2.24) is 4.57 Å². The number of nitrogens with zero attached hydrogens (tertiary/aromatic N) is 3. The number of halogens is 1. The Balaban J connectivity index is 2.07. The first-order chi connectivity index (χ1) is 14.4. The van der Waals surface area contributed by atoms with Crippen LogP contribution in [-0.2, 0) is 0 Å². The lowest BCUT2D eigenvalue weighted by Gasteiger charge is -2.27. The molecule has 0 aliphatic carbocycles. The number of fused-ring (bicyclic) bond motifs is 1. The highest BCUT2D eigenvalue weighted by atomic mass is 19.1. The summed E-state index contributed by atoms with van der Waals surface area (Å²) in [6.07, 6.45) is 1.10. The van der Waals surface area contributed by atoms with Gasteiger partial charge < -0.3 is 24.7 Å². The zero-order valence-corrected chi connectivity index (χ0v) is 15.7. The molecule has 0 amide bonds. The molecule has 2 N–H and O–H groups in total. The number of rotatable bonds is 4. The number of pyridine rings is 1. The molecule has 154 valence electrons. The maximum atomic E-state index is 13.4. The molecular weight excluding hydrogens is 395 g/mol. The van der Waals surface area contributed by atoms with Crippen molar-refractivity contribution in [2.24, 2.45) is 0 Å². The normalized spacial score (nSPS) is 14.1. The van der Waals surface area contributed by atoms with E-state index < -0.39 is 27.7 Å². The zero-order valence-electron chi connectivity index (χ0n) is 15.7. The van der Waals surface area contributed by atoms with E-state index in [9.17, 15) is 29.2 Å². The minimum absolute atomic E-state index is 0.125. The Kier molecular flexibility index (Phi) is 4.92. The smallest absolute Gasteiger partial charge is 0.293 e. The Morgan fingerprint density at radius 3 is 2.40 bits per heavy atom. The second kappa shape index (κ2) is 7.56. The maximum absolute atomic E-state index is 13.4. The van der Waals surface area contributed by atoms with Crippen molar-refractivity contribution in [2.75, 3.05) is 31.1 Å². The summed E-state index contributed by atoms with van der Waals surface area (Å²) in [4.78, 5) is 37.2. The molecule has 0 saturated carbocycles. The summed E-state index contributed by atoms with van der Waals surface area (Å²) in [5, 5.41) is 25.2. The Labute approximate surface area is 169 Å². The van der Waals surface area contributed by atoms with E-state index in [-0.39, 0.29) is 16.6 Å². The number of nitro groups is 1. The van der Waals surface area contributed by atoms with E-state index >= 15 is 0 Å². The van der Waals surface area contributed by atoms with E-state index in [4.69, 9.17) is 0 Å². The third kappa shape index (κ3) is 3.37. The van der Waals surface area contributed by atoms with Crippen molar-refractivity contribution in [3.63, 3.8) is 0 Å². The van der Waals surface area contributed by atoms with Gasteiger partial charge in [-0.2, -0.15) is 0 Å². The molecule has 0 spiro atoms. The van der Waals surface area contributed by atoms with Gasteiger partial charge in [-0.15, -0.1) is 0 Å². The van der Waals surface area contributed by atoms with E-state index in [2.05, 4.69) is 5.32 Å². The molecule has 2 aromatic carbocycles. The largest absolute Gasteiger partial charge is 0.545 e. The van der Waals surface area contributed by atoms with Gasteiger partial charge in [0.25, 0.3) is 5.69 Å². The molecule has 1 aromatic heterocycles. The molecule has 30 heavy (non-hydrogen) atoms. The predicted molar refractivity (Wildman–Crippen MR) is 104 cm³/mol. The number of benzene rings is 2. The van der Waals surface area contributed by atoms with Crippen LogP contribution in [0.1, 0.15) is 10.4 Å². The summed E-state index contributed by atoms with van der Waals surface area (Å²) < 4.78 is 14.8. The summed E-state index contributed by atoms with van der Waals surface area (Å²) in [5.74, 6) is -2.18. The summed E-state index contributed by atoms with van der Waals surface area (Å²) in [5.41, 5.74) is -0.756. The fraction of sp³-hybridized carbons (Fsp3) is 0.200. The number of carbonyl (C=O) groups is 1. The number of nitro benzene ring substituents is 1. The van der Waals surface area contributed by atoms with Crippen molar-refractivity contribution in [1.29, 1.82) is 0 Å². The van der Waals surface area contributed by atoms with Crippen molar-refractivity contribution >= 4 is 28.2 Å². The van der Waals surface area contributed by atoms with Crippen molar-refractivity contribution < 1.29 is 24.5 Å². The average Bonchev–Trinajstić information content (AvgIpc) is 2.74. The molecule has 0 atom stereocenters. The number of piperazine rings is 1. The number of anilines is 1. The van der Waals surface area contributed by atoms with Crippen LogP contribution in [-0.4, -0.2) is 41.6 Å². The second-order valence-corrected chi connectivity index (χ2v) is 6.97. The van der Waals surface area contributed by atoms with Gasteiger partial charge in [0, 0.05) is 18.0 Å². The number of carbonyl (C=O) groups excluding carboxylic acids is 1. The molecule has 2 heterocycles. The molecule has 10 heteroatoms. The van der Waals surface area contributed by atoms with Gasteiger partial charge in [-0.3, -0.25) is 14.9 Å². The Bertz CT molecular complexity index is 1220. The third-order valence-corrected chi connectivity index (χ3v) is 5.17. The van der Waals surface area contributed by atoms with E-state index in [1.54, 1.807) is 0 Å². The van der Waals surface area contributed by atoms with Crippen molar-refractivity contribution in [2.45, 2.75) is 0 Å². The van der Waals surface area contributed by atoms with Gasteiger partial charge in [-0.25, -0.2) is 4.39 Å². The van der Waals surface area contributed by atoms with Gasteiger partial charge in [0.05, 0.1) is 53.5 Å². The molecule has 0 unspecified atom stereocenters. The lowest BCUT2D eigenvalue weighted by Crippen LogP contribution is -2.89. The van der Waals surface area contributed by atoms with Gasteiger partial charge in [-0.1, -0.05) is 0 Å². The zero-order chi connectivity index (χ0) is 21.4. The van der Waals surface area contributed by atoms with Crippen LogP contribution >= 0.6 is 0 Å². The lowest BCUT2D eigenvalue weighted by atomic mass is 10.1. The van der Waals surface area contributed by atoms with Gasteiger partial charge in [0.1, 0.15) is 11.5 Å². The third-order valence-electron chi connectivity index (χ3n) is 5.17. The van der Waals surface area contributed by atoms with Gasteiger partial charge >= 0.3 is 0 Å². The Morgan fingerprint density at radius 1 is 1.13 bits per heavy atom. The standard InChI is InChI=1S/C20H17FN4O5/c21-12-1-3-13(4-2-12)24-11-15(20(27)28)19(26)14-9-18(25(29)30)17(10-16(14)24)23-7-5-22-6-8-23/h1-4,9-11,22H,5-8H2,(H,27,28). The molecular formula is C20H17FN4O5. The van der Waals surface area contributed by atoms with Crippen LogP contribution in [0.15, 0.2) is 47.4 Å². The minimum Gasteiger partial charge on any atom is -0.545 e. The second-order valence-electron chi connectivity index (χ2n) is 6.97. The topological polar surface area (TPSA) is 125 Å². The minimum atomic E-state index is -1.70. The lowest BCUT2D eigenvalue weighted by molar-refractivity contribution is -0.655. The molecule has 1 aliphatic rings. The van der Waals surface area contributed by atoms with Crippen LogP contribution in [0.3, 0.4) is 0 Å². The fourth-order valence-electron chi connectivity index (χ4n) is 3.70. The molecule has 0 radical (unpaired) electrons. The highest BCUT2D eigenvalue weighted by Gasteiger charge is 2.25. The van der Waals surface area contributed by atoms with Gasteiger partial charge in [0.2, 0.25) is 0 Å². The van der Waals surface area contributed by atoms with Crippen LogP contribution in [0.25, 0.3) is 16.6 Å². The summed E-state index contributed by atoms with van der Waals surface area (Å²) in [6.45, 7) is 2.71. The number of nitrogens with two attached hydrogens (primary N) is 1. The van der Waals surface area contributed by atoms with E-state index in [1.807, 2.05) is 4.90 Å².